The molecule has 0 heterocycles. The van der Waals surface area contributed by atoms with Crippen LogP contribution >= 0.6 is 0 Å². The zero-order valence-electron chi connectivity index (χ0n) is 19.5. The standard InChI is InChI=1S/C22H35FN2O5Si/c1-15(26)24-19(14-16-8-10-17(23)11-9-16)20(27)25-18(21(28)29-5)12-13-30-31(6,7)22(2,3)4/h8-11,18-19H,12-14H2,1-7H3,(H,24,26)(H,25,27)/t18-,19+/m0/s1. The van der Waals surface area contributed by atoms with E-state index in [1.54, 1.807) is 12.1 Å². The van der Waals surface area contributed by atoms with Crippen LogP contribution in [-0.2, 0) is 30.0 Å². The van der Waals surface area contributed by atoms with E-state index in [-0.39, 0.29) is 17.9 Å². The number of benzene rings is 1. The summed E-state index contributed by atoms with van der Waals surface area (Å²) in [5, 5.41) is 5.26. The third kappa shape index (κ3) is 8.78. The summed E-state index contributed by atoms with van der Waals surface area (Å²) in [6.45, 7) is 12.2. The number of ether oxygens (including phenoxy) is 1. The van der Waals surface area contributed by atoms with Gasteiger partial charge in [-0.1, -0.05) is 32.9 Å². The van der Waals surface area contributed by atoms with Gasteiger partial charge in [0.05, 0.1) is 7.11 Å². The first kappa shape index (κ1) is 26.8. The molecule has 2 amide bonds. The number of amides is 2. The Balaban J connectivity index is 2.86. The molecule has 1 aromatic rings. The third-order valence-corrected chi connectivity index (χ3v) is 10.1. The van der Waals surface area contributed by atoms with Gasteiger partial charge in [-0.25, -0.2) is 9.18 Å². The molecule has 0 saturated carbocycles. The van der Waals surface area contributed by atoms with Crippen LogP contribution in [0.3, 0.4) is 0 Å². The molecule has 0 aromatic heterocycles. The van der Waals surface area contributed by atoms with Gasteiger partial charge < -0.3 is 19.8 Å². The molecule has 9 heteroatoms. The van der Waals surface area contributed by atoms with Crippen LogP contribution in [0, 0.1) is 5.82 Å². The zero-order chi connectivity index (χ0) is 23.8. The van der Waals surface area contributed by atoms with E-state index in [9.17, 15) is 18.8 Å². The first-order valence-electron chi connectivity index (χ1n) is 10.3. The maximum Gasteiger partial charge on any atom is 0.328 e. The summed E-state index contributed by atoms with van der Waals surface area (Å²) in [5.74, 6) is -1.90. The summed E-state index contributed by atoms with van der Waals surface area (Å²) < 4.78 is 24.1. The Morgan fingerprint density at radius 3 is 2.13 bits per heavy atom. The molecular weight excluding hydrogens is 419 g/mol. The Morgan fingerprint density at radius 2 is 1.65 bits per heavy atom. The van der Waals surface area contributed by atoms with Crippen LogP contribution in [0.25, 0.3) is 0 Å². The van der Waals surface area contributed by atoms with E-state index in [1.807, 2.05) is 0 Å². The highest BCUT2D eigenvalue weighted by molar-refractivity contribution is 6.74. The number of rotatable bonds is 10. The molecule has 0 spiro atoms. The lowest BCUT2D eigenvalue weighted by Crippen LogP contribution is -2.53. The second-order valence-corrected chi connectivity index (χ2v) is 13.9. The highest BCUT2D eigenvalue weighted by atomic mass is 28.4. The number of methoxy groups -OCH3 is 1. The molecule has 0 aliphatic carbocycles. The Hall–Kier alpha value is -2.26. The minimum atomic E-state index is -2.01. The smallest absolute Gasteiger partial charge is 0.328 e. The largest absolute Gasteiger partial charge is 0.467 e. The van der Waals surface area contributed by atoms with Crippen LogP contribution in [0.5, 0.6) is 0 Å². The van der Waals surface area contributed by atoms with Gasteiger partial charge in [-0.2, -0.15) is 0 Å². The van der Waals surface area contributed by atoms with Crippen LogP contribution in [0.15, 0.2) is 24.3 Å². The molecule has 0 radical (unpaired) electrons. The molecule has 0 fully saturated rings. The van der Waals surface area contributed by atoms with Gasteiger partial charge in [0.25, 0.3) is 0 Å². The Bertz CT molecular complexity index is 762. The van der Waals surface area contributed by atoms with Gasteiger partial charge in [0.2, 0.25) is 11.8 Å². The monoisotopic (exact) mass is 454 g/mol. The van der Waals surface area contributed by atoms with Crippen LogP contribution in [0.2, 0.25) is 18.1 Å². The summed E-state index contributed by atoms with van der Waals surface area (Å²) in [4.78, 5) is 36.7. The van der Waals surface area contributed by atoms with Crippen molar-refractivity contribution in [3.05, 3.63) is 35.6 Å². The Kier molecular flexibility index (Phi) is 9.83. The summed E-state index contributed by atoms with van der Waals surface area (Å²) >= 11 is 0. The number of hydrogen-bond donors (Lipinski definition) is 2. The highest BCUT2D eigenvalue weighted by Crippen LogP contribution is 2.36. The molecule has 1 aromatic carbocycles. The van der Waals surface area contributed by atoms with Crippen molar-refractivity contribution in [1.82, 2.24) is 10.6 Å². The second-order valence-electron chi connectivity index (χ2n) is 9.07. The maximum absolute atomic E-state index is 13.2. The predicted molar refractivity (Wildman–Crippen MR) is 119 cm³/mol. The van der Waals surface area contributed by atoms with E-state index < -0.39 is 44.0 Å². The fraction of sp³-hybridized carbons (Fsp3) is 0.591. The Morgan fingerprint density at radius 1 is 1.06 bits per heavy atom. The lowest BCUT2D eigenvalue weighted by molar-refractivity contribution is -0.145. The number of nitrogens with one attached hydrogen (secondary N) is 2. The minimum absolute atomic E-state index is 0.0165. The fourth-order valence-corrected chi connectivity index (χ4v) is 3.68. The molecule has 174 valence electrons. The average Bonchev–Trinajstić information content (AvgIpc) is 2.66. The Labute approximate surface area is 185 Å². The van der Waals surface area contributed by atoms with Gasteiger partial charge >= 0.3 is 5.97 Å². The van der Waals surface area contributed by atoms with E-state index in [1.165, 1.54) is 26.2 Å². The second kappa shape index (κ2) is 11.4. The number of carbonyl (C=O) groups excluding carboxylic acids is 3. The average molecular weight is 455 g/mol. The molecule has 0 bridgehead atoms. The van der Waals surface area contributed by atoms with Crippen molar-refractivity contribution < 1.29 is 27.9 Å². The molecule has 0 aliphatic heterocycles. The first-order chi connectivity index (χ1) is 14.3. The molecule has 31 heavy (non-hydrogen) atoms. The van der Waals surface area contributed by atoms with Crippen molar-refractivity contribution in [3.8, 4) is 0 Å². The zero-order valence-corrected chi connectivity index (χ0v) is 20.5. The van der Waals surface area contributed by atoms with Gasteiger partial charge in [-0.05, 0) is 35.8 Å². The van der Waals surface area contributed by atoms with Crippen LogP contribution in [0.4, 0.5) is 4.39 Å². The number of carbonyl (C=O) groups is 3. The molecule has 2 N–H and O–H groups in total. The normalized spacial score (nSPS) is 13.8. The van der Waals surface area contributed by atoms with Gasteiger partial charge in [0, 0.05) is 26.4 Å². The van der Waals surface area contributed by atoms with Crippen molar-refractivity contribution in [2.75, 3.05) is 13.7 Å². The van der Waals surface area contributed by atoms with E-state index in [2.05, 4.69) is 44.5 Å². The first-order valence-corrected chi connectivity index (χ1v) is 13.2. The van der Waals surface area contributed by atoms with E-state index in [0.717, 1.165) is 0 Å². The maximum atomic E-state index is 13.2. The quantitative estimate of drug-likeness (QED) is 0.419. The third-order valence-electron chi connectivity index (χ3n) is 5.52. The summed E-state index contributed by atoms with van der Waals surface area (Å²) in [7, 11) is -0.758. The van der Waals surface area contributed by atoms with Crippen LogP contribution in [0.1, 0.15) is 39.7 Å². The van der Waals surface area contributed by atoms with E-state index >= 15 is 0 Å². The molecule has 2 atom stereocenters. The molecule has 0 aliphatic rings. The molecule has 0 unspecified atom stereocenters. The fourth-order valence-electron chi connectivity index (χ4n) is 2.62. The van der Waals surface area contributed by atoms with Crippen LogP contribution < -0.4 is 10.6 Å². The number of esters is 1. The van der Waals surface area contributed by atoms with Crippen molar-refractivity contribution in [1.29, 1.82) is 0 Å². The van der Waals surface area contributed by atoms with E-state index in [0.29, 0.717) is 12.2 Å². The molecule has 0 saturated heterocycles. The SMILES string of the molecule is COC(=O)[C@H](CCO[Si](C)(C)C(C)(C)C)NC(=O)[C@@H](Cc1ccc(F)cc1)NC(C)=O. The minimum Gasteiger partial charge on any atom is -0.467 e. The molecular formula is C22H35FN2O5Si. The van der Waals surface area contributed by atoms with Crippen molar-refractivity contribution >= 4 is 26.1 Å². The van der Waals surface area contributed by atoms with Gasteiger partial charge in [0.1, 0.15) is 17.9 Å². The summed E-state index contributed by atoms with van der Waals surface area (Å²) in [6.07, 6.45) is 0.397. The highest BCUT2D eigenvalue weighted by Gasteiger charge is 2.37. The van der Waals surface area contributed by atoms with Crippen molar-refractivity contribution in [3.63, 3.8) is 0 Å². The van der Waals surface area contributed by atoms with Crippen molar-refractivity contribution in [2.24, 2.45) is 0 Å². The molecule has 7 nitrogen and oxygen atoms in total. The van der Waals surface area contributed by atoms with E-state index in [4.69, 9.17) is 9.16 Å². The predicted octanol–water partition coefficient (Wildman–Crippen LogP) is 2.94. The summed E-state index contributed by atoms with van der Waals surface area (Å²) in [6, 6.07) is 3.83. The topological polar surface area (TPSA) is 93.7 Å². The van der Waals surface area contributed by atoms with Gasteiger partial charge in [-0.3, -0.25) is 9.59 Å². The lowest BCUT2D eigenvalue weighted by Gasteiger charge is -2.36. The molecule has 1 rings (SSSR count). The van der Waals surface area contributed by atoms with Gasteiger partial charge in [-0.15, -0.1) is 0 Å². The van der Waals surface area contributed by atoms with Crippen molar-refractivity contribution in [2.45, 2.75) is 70.8 Å². The summed E-state index contributed by atoms with van der Waals surface area (Å²) in [5.41, 5.74) is 0.672. The lowest BCUT2D eigenvalue weighted by atomic mass is 10.0. The van der Waals surface area contributed by atoms with Crippen LogP contribution in [-0.4, -0.2) is 51.9 Å². The number of hydrogen-bond acceptors (Lipinski definition) is 5. The number of halogens is 1. The van der Waals surface area contributed by atoms with Gasteiger partial charge in [0.15, 0.2) is 8.32 Å².